The molecule has 0 bridgehead atoms. The summed E-state index contributed by atoms with van der Waals surface area (Å²) in [5.74, 6) is 0. The fraction of sp³-hybridized carbons (Fsp3) is 0.875. The number of carbonyl (C=O) groups is 1. The molecule has 3 heterocycles. The number of nitrogens with one attached hydrogen (secondary N) is 1. The average molecular weight is 199 g/mol. The van der Waals surface area contributed by atoms with E-state index in [1.54, 1.807) is 0 Å². The van der Waals surface area contributed by atoms with Gasteiger partial charge in [-0.25, -0.2) is 4.79 Å². The van der Waals surface area contributed by atoms with Crippen LogP contribution in [0.4, 0.5) is 4.79 Å². The maximum atomic E-state index is 11.4. The van der Waals surface area contributed by atoms with Gasteiger partial charge in [0.1, 0.15) is 0 Å². The van der Waals surface area contributed by atoms with E-state index in [1.165, 1.54) is 4.90 Å². The van der Waals surface area contributed by atoms with Gasteiger partial charge in [-0.1, -0.05) is 0 Å². The van der Waals surface area contributed by atoms with E-state index in [4.69, 9.17) is 4.74 Å². The molecule has 0 aromatic rings. The molecule has 14 heavy (non-hydrogen) atoms. The first-order valence-corrected chi connectivity index (χ1v) is 4.81. The molecule has 2 atom stereocenters. The molecule has 3 rings (SSSR count). The van der Waals surface area contributed by atoms with E-state index in [9.17, 15) is 9.90 Å². The van der Waals surface area contributed by atoms with Gasteiger partial charge in [0, 0.05) is 6.54 Å². The molecule has 2 N–H and O–H groups in total. The van der Waals surface area contributed by atoms with Crippen molar-refractivity contribution < 1.29 is 14.6 Å². The maximum absolute atomic E-state index is 11.4. The van der Waals surface area contributed by atoms with Gasteiger partial charge in [0.2, 0.25) is 0 Å². The molecule has 2 amide bonds. The zero-order valence-corrected chi connectivity index (χ0v) is 7.77. The molecule has 6 nitrogen and oxygen atoms in total. The van der Waals surface area contributed by atoms with Crippen molar-refractivity contribution in [1.29, 1.82) is 0 Å². The van der Waals surface area contributed by atoms with Crippen LogP contribution in [0.3, 0.4) is 0 Å². The van der Waals surface area contributed by atoms with Crippen LogP contribution in [0.25, 0.3) is 0 Å². The highest BCUT2D eigenvalue weighted by atomic mass is 16.5. The van der Waals surface area contributed by atoms with Gasteiger partial charge in [-0.2, -0.15) is 0 Å². The van der Waals surface area contributed by atoms with E-state index in [2.05, 4.69) is 10.2 Å². The highest BCUT2D eigenvalue weighted by Crippen LogP contribution is 2.33. The summed E-state index contributed by atoms with van der Waals surface area (Å²) in [5, 5.41) is 13.0. The molecular weight excluding hydrogens is 186 g/mol. The minimum absolute atomic E-state index is 0.0739. The molecule has 6 heteroatoms. The Labute approximate surface area is 81.4 Å². The molecule has 2 unspecified atom stereocenters. The fourth-order valence-electron chi connectivity index (χ4n) is 2.47. The molecule has 0 aromatic carbocycles. The summed E-state index contributed by atoms with van der Waals surface area (Å²) in [6.45, 7) is 2.79. The highest BCUT2D eigenvalue weighted by molar-refractivity contribution is 5.78. The zero-order chi connectivity index (χ0) is 9.76. The second-order valence-corrected chi connectivity index (χ2v) is 4.01. The number of urea groups is 1. The molecule has 78 valence electrons. The summed E-state index contributed by atoms with van der Waals surface area (Å²) >= 11 is 0. The highest BCUT2D eigenvalue weighted by Gasteiger charge is 2.58. The van der Waals surface area contributed by atoms with Crippen molar-refractivity contribution in [2.24, 2.45) is 0 Å². The lowest BCUT2D eigenvalue weighted by Gasteiger charge is -2.34. The number of hydrogen-bond donors (Lipinski definition) is 2. The Morgan fingerprint density at radius 2 is 2.50 bits per heavy atom. The van der Waals surface area contributed by atoms with E-state index in [0.29, 0.717) is 26.4 Å². The van der Waals surface area contributed by atoms with Crippen molar-refractivity contribution in [2.75, 3.05) is 33.0 Å². The molecular formula is C8H13N3O3. The van der Waals surface area contributed by atoms with E-state index < -0.39 is 5.72 Å². The Kier molecular flexibility index (Phi) is 1.56. The van der Waals surface area contributed by atoms with Crippen LogP contribution in [0.5, 0.6) is 0 Å². The van der Waals surface area contributed by atoms with Crippen molar-refractivity contribution in [3.05, 3.63) is 0 Å². The van der Waals surface area contributed by atoms with E-state index in [0.717, 1.165) is 6.54 Å². The van der Waals surface area contributed by atoms with Crippen molar-refractivity contribution in [2.45, 2.75) is 11.8 Å². The molecule has 0 aromatic heterocycles. The van der Waals surface area contributed by atoms with Gasteiger partial charge in [-0.3, -0.25) is 9.80 Å². The van der Waals surface area contributed by atoms with Gasteiger partial charge in [0.25, 0.3) is 0 Å². The van der Waals surface area contributed by atoms with Crippen molar-refractivity contribution >= 4 is 6.03 Å². The number of nitrogens with zero attached hydrogens (tertiary/aromatic N) is 2. The largest absolute Gasteiger partial charge is 0.378 e. The number of amides is 2. The van der Waals surface area contributed by atoms with Crippen molar-refractivity contribution in [3.8, 4) is 0 Å². The number of ether oxygens (including phenoxy) is 1. The lowest BCUT2D eigenvalue weighted by molar-refractivity contribution is -0.0878. The standard InChI is InChI=1S/C8H13N3O3/c12-7-9-4-8(13)6-3-14-2-1-10(6)5-11(7)8/h6,13H,1-5H2,(H,9,12). The van der Waals surface area contributed by atoms with Gasteiger partial charge in [-0.05, 0) is 0 Å². The summed E-state index contributed by atoms with van der Waals surface area (Å²) in [4.78, 5) is 15.0. The Hall–Kier alpha value is -0.850. The third-order valence-electron chi connectivity index (χ3n) is 3.31. The van der Waals surface area contributed by atoms with Crippen molar-refractivity contribution in [3.63, 3.8) is 0 Å². The Morgan fingerprint density at radius 1 is 1.64 bits per heavy atom. The first-order chi connectivity index (χ1) is 6.72. The number of aliphatic hydroxyl groups is 1. The van der Waals surface area contributed by atoms with Crippen LogP contribution in [-0.2, 0) is 4.74 Å². The first kappa shape index (κ1) is 8.46. The van der Waals surface area contributed by atoms with Crippen LogP contribution in [0.2, 0.25) is 0 Å². The summed E-state index contributed by atoms with van der Waals surface area (Å²) in [6.07, 6.45) is 0. The van der Waals surface area contributed by atoms with E-state index >= 15 is 0 Å². The van der Waals surface area contributed by atoms with Gasteiger partial charge in [-0.15, -0.1) is 0 Å². The molecule has 0 saturated carbocycles. The number of hydrogen-bond acceptors (Lipinski definition) is 4. The molecule has 3 saturated heterocycles. The summed E-state index contributed by atoms with van der Waals surface area (Å²) in [5.41, 5.74) is -1.06. The summed E-state index contributed by atoms with van der Waals surface area (Å²) in [7, 11) is 0. The lowest BCUT2D eigenvalue weighted by atomic mass is 10.1. The Balaban J connectivity index is 1.92. The predicted octanol–water partition coefficient (Wildman–Crippen LogP) is -1.63. The molecule has 3 aliphatic heterocycles. The second kappa shape index (κ2) is 2.59. The van der Waals surface area contributed by atoms with Crippen LogP contribution < -0.4 is 5.32 Å². The first-order valence-electron chi connectivity index (χ1n) is 4.81. The van der Waals surface area contributed by atoms with E-state index in [1.807, 2.05) is 0 Å². The molecule has 0 radical (unpaired) electrons. The van der Waals surface area contributed by atoms with Gasteiger partial charge in [0.05, 0.1) is 32.5 Å². The Morgan fingerprint density at radius 3 is 3.36 bits per heavy atom. The lowest BCUT2D eigenvalue weighted by Crippen LogP contribution is -2.55. The minimum Gasteiger partial charge on any atom is -0.378 e. The minimum atomic E-state index is -1.06. The predicted molar refractivity (Wildman–Crippen MR) is 46.4 cm³/mol. The number of morpholine rings is 1. The SMILES string of the molecule is O=C1NCC2(O)C3COCCN3CN12. The van der Waals surface area contributed by atoms with E-state index in [-0.39, 0.29) is 12.1 Å². The van der Waals surface area contributed by atoms with Crippen LogP contribution in [0.1, 0.15) is 0 Å². The topological polar surface area (TPSA) is 65.0 Å². The summed E-state index contributed by atoms with van der Waals surface area (Å²) < 4.78 is 5.32. The third kappa shape index (κ3) is 0.879. The number of fused-ring (bicyclic) bond motifs is 3. The van der Waals surface area contributed by atoms with Crippen LogP contribution in [0.15, 0.2) is 0 Å². The van der Waals surface area contributed by atoms with Gasteiger partial charge >= 0.3 is 6.03 Å². The molecule has 3 fully saturated rings. The smallest absolute Gasteiger partial charge is 0.321 e. The quantitative estimate of drug-likeness (QED) is 0.492. The number of β-amino-alcohol motifs (C(OH)–C–C–N with tert-alkyl or cyclic N) is 1. The third-order valence-corrected chi connectivity index (χ3v) is 3.31. The molecule has 0 aliphatic carbocycles. The number of carbonyl (C=O) groups excluding carboxylic acids is 1. The van der Waals surface area contributed by atoms with Gasteiger partial charge < -0.3 is 15.2 Å². The second-order valence-electron chi connectivity index (χ2n) is 4.01. The van der Waals surface area contributed by atoms with Crippen LogP contribution in [-0.4, -0.2) is 65.7 Å². The average Bonchev–Trinajstić information content (AvgIpc) is 2.64. The summed E-state index contributed by atoms with van der Waals surface area (Å²) in [6, 6.07) is -0.253. The van der Waals surface area contributed by atoms with Crippen LogP contribution in [0, 0.1) is 0 Å². The monoisotopic (exact) mass is 199 g/mol. The van der Waals surface area contributed by atoms with Crippen LogP contribution >= 0.6 is 0 Å². The van der Waals surface area contributed by atoms with Crippen molar-refractivity contribution in [1.82, 2.24) is 15.1 Å². The normalized spacial score (nSPS) is 42.2. The maximum Gasteiger partial charge on any atom is 0.321 e. The zero-order valence-electron chi connectivity index (χ0n) is 7.77. The molecule has 3 aliphatic rings. The van der Waals surface area contributed by atoms with Gasteiger partial charge in [0.15, 0.2) is 5.72 Å². The fourth-order valence-corrected chi connectivity index (χ4v) is 2.47. The number of rotatable bonds is 0. The Bertz CT molecular complexity index is 285. The molecule has 0 spiro atoms.